The number of rotatable bonds is 3. The predicted octanol–water partition coefficient (Wildman–Crippen LogP) is 3.51. The first-order valence-electron chi connectivity index (χ1n) is 5.28. The van der Waals surface area contributed by atoms with E-state index >= 15 is 0 Å². The molecule has 0 N–H and O–H groups in total. The van der Waals surface area contributed by atoms with Crippen LogP contribution in [0.25, 0.3) is 0 Å². The van der Waals surface area contributed by atoms with Gasteiger partial charge in [0.15, 0.2) is 0 Å². The summed E-state index contributed by atoms with van der Waals surface area (Å²) < 4.78 is 25.9. The highest BCUT2D eigenvalue weighted by Gasteiger charge is 2.20. The first-order valence-corrected chi connectivity index (χ1v) is 5.28. The van der Waals surface area contributed by atoms with Crippen molar-refractivity contribution in [2.75, 3.05) is 0 Å². The van der Waals surface area contributed by atoms with Crippen molar-refractivity contribution in [2.45, 2.75) is 33.6 Å². The first-order chi connectivity index (χ1) is 7.30. The van der Waals surface area contributed by atoms with Crippen molar-refractivity contribution >= 4 is 5.78 Å². The van der Waals surface area contributed by atoms with Gasteiger partial charge in [-0.05, 0) is 18.1 Å². The van der Waals surface area contributed by atoms with Gasteiger partial charge in [0.25, 0.3) is 0 Å². The number of benzene rings is 1. The molecule has 0 amide bonds. The Balaban J connectivity index is 2.65. The Bertz CT molecular complexity index is 391. The highest BCUT2D eigenvalue weighted by atomic mass is 19.1. The Morgan fingerprint density at radius 3 is 2.38 bits per heavy atom. The van der Waals surface area contributed by atoms with Gasteiger partial charge in [0.05, 0.1) is 0 Å². The molecule has 0 atom stereocenters. The largest absolute Gasteiger partial charge is 0.299 e. The van der Waals surface area contributed by atoms with Gasteiger partial charge in [-0.1, -0.05) is 26.8 Å². The monoisotopic (exact) mass is 226 g/mol. The second-order valence-corrected chi connectivity index (χ2v) is 4.91. The van der Waals surface area contributed by atoms with E-state index in [-0.39, 0.29) is 12.2 Å². The van der Waals surface area contributed by atoms with E-state index in [1.807, 2.05) is 20.8 Å². The zero-order chi connectivity index (χ0) is 12.3. The number of aryl methyl sites for hydroxylation is 1. The van der Waals surface area contributed by atoms with Gasteiger partial charge >= 0.3 is 0 Å². The van der Waals surface area contributed by atoms with E-state index in [1.165, 1.54) is 12.1 Å². The number of carbonyl (C=O) groups excluding carboxylic acids is 1. The minimum Gasteiger partial charge on any atom is -0.299 e. The number of carbonyl (C=O) groups is 1. The van der Waals surface area contributed by atoms with Crippen LogP contribution in [0.3, 0.4) is 0 Å². The van der Waals surface area contributed by atoms with Gasteiger partial charge in [-0.15, -0.1) is 0 Å². The fraction of sp³-hybridized carbons (Fsp3) is 0.462. The van der Waals surface area contributed by atoms with Crippen LogP contribution < -0.4 is 0 Å². The SMILES string of the molecule is CC(C)(C)C(=O)CCc1ccc(F)cc1F. The summed E-state index contributed by atoms with van der Waals surface area (Å²) in [4.78, 5) is 11.6. The molecular weight excluding hydrogens is 210 g/mol. The van der Waals surface area contributed by atoms with E-state index in [1.54, 1.807) is 0 Å². The van der Waals surface area contributed by atoms with Crippen molar-refractivity contribution in [1.29, 1.82) is 0 Å². The number of Topliss-reactive ketones (excluding diaryl/α,β-unsaturated/α-hetero) is 1. The lowest BCUT2D eigenvalue weighted by atomic mass is 9.87. The van der Waals surface area contributed by atoms with Crippen LogP contribution in [0, 0.1) is 17.0 Å². The molecule has 0 unspecified atom stereocenters. The molecule has 1 aromatic rings. The second kappa shape index (κ2) is 4.73. The third-order valence-corrected chi connectivity index (χ3v) is 2.47. The molecular formula is C13H16F2O. The summed E-state index contributed by atoms with van der Waals surface area (Å²) in [5, 5.41) is 0. The van der Waals surface area contributed by atoms with Crippen molar-refractivity contribution in [1.82, 2.24) is 0 Å². The highest BCUT2D eigenvalue weighted by molar-refractivity contribution is 5.83. The van der Waals surface area contributed by atoms with Crippen LogP contribution in [0.1, 0.15) is 32.8 Å². The third-order valence-electron chi connectivity index (χ3n) is 2.47. The molecule has 0 aliphatic heterocycles. The molecule has 0 aliphatic carbocycles. The lowest BCUT2D eigenvalue weighted by molar-refractivity contribution is -0.126. The smallest absolute Gasteiger partial charge is 0.138 e. The quantitative estimate of drug-likeness (QED) is 0.770. The zero-order valence-electron chi connectivity index (χ0n) is 9.81. The molecule has 0 spiro atoms. The van der Waals surface area contributed by atoms with Crippen LogP contribution in [-0.4, -0.2) is 5.78 Å². The van der Waals surface area contributed by atoms with Crippen LogP contribution in [0.5, 0.6) is 0 Å². The second-order valence-electron chi connectivity index (χ2n) is 4.91. The Hall–Kier alpha value is -1.25. The Kier molecular flexibility index (Phi) is 3.79. The molecule has 1 rings (SSSR count). The molecule has 0 heterocycles. The number of ketones is 1. The molecule has 0 bridgehead atoms. The van der Waals surface area contributed by atoms with Crippen LogP contribution in [-0.2, 0) is 11.2 Å². The lowest BCUT2D eigenvalue weighted by Crippen LogP contribution is -2.20. The van der Waals surface area contributed by atoms with Crippen LogP contribution in [0.4, 0.5) is 8.78 Å². The third kappa shape index (κ3) is 3.40. The molecule has 0 saturated heterocycles. The van der Waals surface area contributed by atoms with Crippen molar-refractivity contribution in [3.05, 3.63) is 35.4 Å². The summed E-state index contributed by atoms with van der Waals surface area (Å²) in [7, 11) is 0. The minimum atomic E-state index is -0.594. The standard InChI is InChI=1S/C13H16F2O/c1-13(2,3)12(16)7-5-9-4-6-10(14)8-11(9)15/h4,6,8H,5,7H2,1-3H3. The maximum atomic E-state index is 13.2. The molecule has 0 fully saturated rings. The lowest BCUT2D eigenvalue weighted by Gasteiger charge is -2.16. The van der Waals surface area contributed by atoms with E-state index in [9.17, 15) is 13.6 Å². The Labute approximate surface area is 94.5 Å². The highest BCUT2D eigenvalue weighted by Crippen LogP contribution is 2.19. The molecule has 0 aliphatic rings. The van der Waals surface area contributed by atoms with E-state index in [0.717, 1.165) is 6.07 Å². The van der Waals surface area contributed by atoms with Crippen molar-refractivity contribution in [2.24, 2.45) is 5.41 Å². The van der Waals surface area contributed by atoms with E-state index in [4.69, 9.17) is 0 Å². The number of hydrogen-bond donors (Lipinski definition) is 0. The van der Waals surface area contributed by atoms with Crippen LogP contribution in [0.2, 0.25) is 0 Å². The molecule has 0 saturated carbocycles. The molecule has 0 radical (unpaired) electrons. The number of hydrogen-bond acceptors (Lipinski definition) is 1. The van der Waals surface area contributed by atoms with Gasteiger partial charge in [-0.2, -0.15) is 0 Å². The molecule has 1 aromatic carbocycles. The fourth-order valence-corrected chi connectivity index (χ4v) is 1.35. The van der Waals surface area contributed by atoms with Crippen molar-refractivity contribution < 1.29 is 13.6 Å². The molecule has 3 heteroatoms. The summed E-state index contributed by atoms with van der Waals surface area (Å²) in [5.41, 5.74) is -0.0183. The zero-order valence-corrected chi connectivity index (χ0v) is 9.81. The van der Waals surface area contributed by atoms with Gasteiger partial charge in [0, 0.05) is 17.9 Å². The Morgan fingerprint density at radius 2 is 1.88 bits per heavy atom. The normalized spacial score (nSPS) is 11.6. The van der Waals surface area contributed by atoms with Gasteiger partial charge < -0.3 is 0 Å². The summed E-state index contributed by atoms with van der Waals surface area (Å²) in [6.45, 7) is 5.49. The van der Waals surface area contributed by atoms with Crippen LogP contribution >= 0.6 is 0 Å². The van der Waals surface area contributed by atoms with Crippen LogP contribution in [0.15, 0.2) is 18.2 Å². The van der Waals surface area contributed by atoms with Gasteiger partial charge in [-0.3, -0.25) is 4.79 Å². The average molecular weight is 226 g/mol. The van der Waals surface area contributed by atoms with Gasteiger partial charge in [0.1, 0.15) is 17.4 Å². The topological polar surface area (TPSA) is 17.1 Å². The summed E-state index contributed by atoms with van der Waals surface area (Å²) in [6.07, 6.45) is 0.605. The van der Waals surface area contributed by atoms with Gasteiger partial charge in [0.2, 0.25) is 0 Å². The summed E-state index contributed by atoms with van der Waals surface area (Å²) in [5.74, 6) is -1.10. The van der Waals surface area contributed by atoms with E-state index in [2.05, 4.69) is 0 Å². The minimum absolute atomic E-state index is 0.0798. The molecule has 88 valence electrons. The van der Waals surface area contributed by atoms with Gasteiger partial charge in [-0.25, -0.2) is 8.78 Å². The van der Waals surface area contributed by atoms with Crippen molar-refractivity contribution in [3.63, 3.8) is 0 Å². The summed E-state index contributed by atoms with van der Waals surface area (Å²) >= 11 is 0. The Morgan fingerprint density at radius 1 is 1.25 bits per heavy atom. The average Bonchev–Trinajstić information content (AvgIpc) is 2.14. The van der Waals surface area contributed by atoms with E-state index in [0.29, 0.717) is 12.0 Å². The maximum absolute atomic E-state index is 13.2. The molecule has 16 heavy (non-hydrogen) atoms. The molecule has 1 nitrogen and oxygen atoms in total. The van der Waals surface area contributed by atoms with E-state index < -0.39 is 17.0 Å². The first kappa shape index (κ1) is 12.8. The number of halogens is 2. The fourth-order valence-electron chi connectivity index (χ4n) is 1.35. The molecule has 0 aromatic heterocycles. The predicted molar refractivity (Wildman–Crippen MR) is 59.1 cm³/mol. The maximum Gasteiger partial charge on any atom is 0.138 e. The summed E-state index contributed by atoms with van der Waals surface area (Å²) in [6, 6.07) is 3.44. The van der Waals surface area contributed by atoms with Crippen molar-refractivity contribution in [3.8, 4) is 0 Å².